The lowest BCUT2D eigenvalue weighted by Crippen LogP contribution is -2.25. The second-order valence-electron chi connectivity index (χ2n) is 4.67. The molecule has 1 aromatic heterocycles. The molecule has 2 N–H and O–H groups in total. The van der Waals surface area contributed by atoms with E-state index < -0.39 is 6.61 Å². The molecule has 1 aromatic carbocycles. The van der Waals surface area contributed by atoms with Gasteiger partial charge in [-0.3, -0.25) is 9.89 Å². The number of nitrogens with one attached hydrogen (secondary N) is 2. The van der Waals surface area contributed by atoms with E-state index in [4.69, 9.17) is 4.74 Å². The smallest absolute Gasteiger partial charge is 0.387 e. The van der Waals surface area contributed by atoms with Crippen molar-refractivity contribution in [3.8, 4) is 17.0 Å². The third-order valence-electron chi connectivity index (χ3n) is 3.01. The van der Waals surface area contributed by atoms with Crippen LogP contribution in [0.15, 0.2) is 30.3 Å². The van der Waals surface area contributed by atoms with Crippen LogP contribution in [0.25, 0.3) is 11.3 Å². The van der Waals surface area contributed by atoms with Gasteiger partial charge in [0.25, 0.3) is 5.91 Å². The van der Waals surface area contributed by atoms with Gasteiger partial charge >= 0.3 is 6.61 Å². The largest absolute Gasteiger partial charge is 0.435 e. The number of alkyl halides is 2. The molecule has 8 heteroatoms. The van der Waals surface area contributed by atoms with Crippen LogP contribution in [0.3, 0.4) is 0 Å². The van der Waals surface area contributed by atoms with Crippen molar-refractivity contribution in [2.24, 2.45) is 0 Å². The van der Waals surface area contributed by atoms with Gasteiger partial charge in [-0.25, -0.2) is 0 Å². The maximum atomic E-state index is 12.1. The number of benzene rings is 1. The molecule has 1 heterocycles. The molecule has 0 bridgehead atoms. The molecule has 0 aliphatic carbocycles. The van der Waals surface area contributed by atoms with Crippen molar-refractivity contribution in [3.05, 3.63) is 36.0 Å². The van der Waals surface area contributed by atoms with Crippen molar-refractivity contribution in [2.75, 3.05) is 20.3 Å². The number of rotatable bonds is 8. The first-order valence-electron chi connectivity index (χ1n) is 6.98. The Hall–Kier alpha value is -2.48. The maximum Gasteiger partial charge on any atom is 0.387 e. The quantitative estimate of drug-likeness (QED) is 0.731. The van der Waals surface area contributed by atoms with Gasteiger partial charge in [0, 0.05) is 25.8 Å². The summed E-state index contributed by atoms with van der Waals surface area (Å²) < 4.78 is 33.4. The second-order valence-corrected chi connectivity index (χ2v) is 4.67. The molecule has 6 nitrogen and oxygen atoms in total. The summed E-state index contributed by atoms with van der Waals surface area (Å²) in [6, 6.07) is 7.61. The molecule has 0 atom stereocenters. The minimum atomic E-state index is -2.86. The van der Waals surface area contributed by atoms with E-state index >= 15 is 0 Å². The van der Waals surface area contributed by atoms with E-state index in [1.165, 1.54) is 12.1 Å². The molecule has 0 aliphatic heterocycles. The van der Waals surface area contributed by atoms with Crippen molar-refractivity contribution in [2.45, 2.75) is 13.0 Å². The van der Waals surface area contributed by atoms with Crippen molar-refractivity contribution in [1.29, 1.82) is 0 Å². The molecule has 0 unspecified atom stereocenters. The highest BCUT2D eigenvalue weighted by atomic mass is 19.3. The molecule has 0 saturated heterocycles. The van der Waals surface area contributed by atoms with E-state index in [2.05, 4.69) is 20.3 Å². The Morgan fingerprint density at radius 2 is 2.09 bits per heavy atom. The van der Waals surface area contributed by atoms with E-state index in [1.54, 1.807) is 25.3 Å². The zero-order valence-electron chi connectivity index (χ0n) is 12.5. The van der Waals surface area contributed by atoms with Crippen LogP contribution in [-0.4, -0.2) is 43.0 Å². The number of hydrogen-bond acceptors (Lipinski definition) is 4. The topological polar surface area (TPSA) is 76.2 Å². The summed E-state index contributed by atoms with van der Waals surface area (Å²) in [4.78, 5) is 11.9. The number of hydrogen-bond donors (Lipinski definition) is 2. The number of ether oxygens (including phenoxy) is 2. The number of carbonyl (C=O) groups excluding carboxylic acids is 1. The molecule has 0 radical (unpaired) electrons. The highest BCUT2D eigenvalue weighted by Gasteiger charge is 2.11. The minimum Gasteiger partial charge on any atom is -0.435 e. The fraction of sp³-hybridized carbons (Fsp3) is 0.333. The van der Waals surface area contributed by atoms with Crippen LogP contribution in [0.4, 0.5) is 8.78 Å². The minimum absolute atomic E-state index is 0.0652. The Labute approximate surface area is 131 Å². The first kappa shape index (κ1) is 16.9. The van der Waals surface area contributed by atoms with Gasteiger partial charge in [-0.15, -0.1) is 0 Å². The number of H-pyrrole nitrogens is 1. The predicted molar refractivity (Wildman–Crippen MR) is 79.5 cm³/mol. The summed E-state index contributed by atoms with van der Waals surface area (Å²) in [7, 11) is 1.60. The SMILES string of the molecule is COCCCNC(=O)c1cc(-c2ccc(OC(F)F)cc2)n[nH]1. The van der Waals surface area contributed by atoms with Gasteiger partial charge in [-0.2, -0.15) is 13.9 Å². The van der Waals surface area contributed by atoms with Crippen LogP contribution >= 0.6 is 0 Å². The second kappa shape index (κ2) is 8.23. The molecular weight excluding hydrogens is 308 g/mol. The summed E-state index contributed by atoms with van der Waals surface area (Å²) in [5.41, 5.74) is 1.54. The van der Waals surface area contributed by atoms with Gasteiger partial charge < -0.3 is 14.8 Å². The number of nitrogens with zero attached hydrogens (tertiary/aromatic N) is 1. The summed E-state index contributed by atoms with van der Waals surface area (Å²) in [6.07, 6.45) is 0.717. The van der Waals surface area contributed by atoms with E-state index in [-0.39, 0.29) is 11.7 Å². The third-order valence-corrected chi connectivity index (χ3v) is 3.01. The Kier molecular flexibility index (Phi) is 6.04. The average Bonchev–Trinajstić information content (AvgIpc) is 3.01. The zero-order valence-corrected chi connectivity index (χ0v) is 12.5. The van der Waals surface area contributed by atoms with Crippen LogP contribution in [0.5, 0.6) is 5.75 Å². The van der Waals surface area contributed by atoms with E-state index in [9.17, 15) is 13.6 Å². The lowest BCUT2D eigenvalue weighted by atomic mass is 10.1. The van der Waals surface area contributed by atoms with Crippen molar-refractivity contribution >= 4 is 5.91 Å². The first-order valence-corrected chi connectivity index (χ1v) is 6.98. The molecule has 0 spiro atoms. The molecule has 2 aromatic rings. The van der Waals surface area contributed by atoms with Gasteiger partial charge in [-0.05, 0) is 36.8 Å². The fourth-order valence-electron chi connectivity index (χ4n) is 1.91. The monoisotopic (exact) mass is 325 g/mol. The lowest BCUT2D eigenvalue weighted by Gasteiger charge is -2.04. The zero-order chi connectivity index (χ0) is 16.7. The molecule has 0 fully saturated rings. The van der Waals surface area contributed by atoms with Gasteiger partial charge in [0.2, 0.25) is 0 Å². The van der Waals surface area contributed by atoms with Crippen LogP contribution in [0.2, 0.25) is 0 Å². The van der Waals surface area contributed by atoms with Gasteiger partial charge in [0.05, 0.1) is 5.69 Å². The van der Waals surface area contributed by atoms with Crippen LogP contribution in [0.1, 0.15) is 16.9 Å². The van der Waals surface area contributed by atoms with Crippen LogP contribution in [-0.2, 0) is 4.74 Å². The van der Waals surface area contributed by atoms with Gasteiger partial charge in [-0.1, -0.05) is 0 Å². The van der Waals surface area contributed by atoms with E-state index in [1.807, 2.05) is 0 Å². The normalized spacial score (nSPS) is 10.8. The number of aromatic amines is 1. The predicted octanol–water partition coefficient (Wildman–Crippen LogP) is 2.44. The molecule has 124 valence electrons. The molecule has 23 heavy (non-hydrogen) atoms. The molecular formula is C15H17F2N3O3. The Balaban J connectivity index is 1.97. The highest BCUT2D eigenvalue weighted by Crippen LogP contribution is 2.22. The number of carbonyl (C=O) groups is 1. The number of halogens is 2. The fourth-order valence-corrected chi connectivity index (χ4v) is 1.91. The standard InChI is InChI=1S/C15H17F2N3O3/c1-22-8-2-7-18-14(21)13-9-12(19-20-13)10-3-5-11(6-4-10)23-15(16)17/h3-6,9,15H,2,7-8H2,1H3,(H,18,21)(H,19,20). The Bertz CT molecular complexity index is 629. The lowest BCUT2D eigenvalue weighted by molar-refractivity contribution is -0.0498. The van der Waals surface area contributed by atoms with Crippen LogP contribution in [0, 0.1) is 0 Å². The molecule has 0 aliphatic rings. The summed E-state index contributed by atoms with van der Waals surface area (Å²) >= 11 is 0. The summed E-state index contributed by atoms with van der Waals surface area (Å²) in [6.45, 7) is -1.79. The summed E-state index contributed by atoms with van der Waals surface area (Å²) in [5, 5.41) is 9.43. The van der Waals surface area contributed by atoms with Crippen molar-refractivity contribution < 1.29 is 23.0 Å². The summed E-state index contributed by atoms with van der Waals surface area (Å²) in [5.74, 6) is -0.201. The average molecular weight is 325 g/mol. The van der Waals surface area contributed by atoms with Gasteiger partial charge in [0.1, 0.15) is 11.4 Å². The molecule has 2 rings (SSSR count). The molecule has 0 saturated carbocycles. The van der Waals surface area contributed by atoms with Crippen molar-refractivity contribution in [3.63, 3.8) is 0 Å². The number of amides is 1. The Morgan fingerprint density at radius 3 is 2.74 bits per heavy atom. The van der Waals surface area contributed by atoms with Crippen molar-refractivity contribution in [1.82, 2.24) is 15.5 Å². The Morgan fingerprint density at radius 1 is 1.35 bits per heavy atom. The third kappa shape index (κ3) is 5.03. The van der Waals surface area contributed by atoms with Crippen LogP contribution < -0.4 is 10.1 Å². The van der Waals surface area contributed by atoms with Gasteiger partial charge in [0.15, 0.2) is 0 Å². The van der Waals surface area contributed by atoms with E-state index in [0.29, 0.717) is 30.1 Å². The highest BCUT2D eigenvalue weighted by molar-refractivity contribution is 5.93. The van der Waals surface area contributed by atoms with E-state index in [0.717, 1.165) is 6.42 Å². The molecule has 1 amide bonds. The number of aromatic nitrogens is 2. The first-order chi connectivity index (χ1) is 11.1. The maximum absolute atomic E-state index is 12.1. The number of methoxy groups -OCH3 is 1.